The molecule has 8 nitrogen and oxygen atoms in total. The molecule has 0 atom stereocenters. The standard InChI is InChI=1S/C23H28N4O4/c1-2-31-23(30)19-9-10-20(25-17-19)26-13-6-14-27(16-15-26)21(28)11-12-24-22(29)18-7-4-3-5-8-18/h3-5,7-10,17H,2,6,11-16H2,1H3,(H,24,29). The molecule has 1 saturated heterocycles. The van der Waals surface area contributed by atoms with Crippen molar-refractivity contribution in [3.8, 4) is 0 Å². The van der Waals surface area contributed by atoms with Gasteiger partial charge in [0.15, 0.2) is 0 Å². The minimum atomic E-state index is -0.381. The molecule has 1 aromatic carbocycles. The van der Waals surface area contributed by atoms with E-state index in [1.165, 1.54) is 6.20 Å². The molecule has 0 radical (unpaired) electrons. The molecule has 3 rings (SSSR count). The number of pyridine rings is 1. The Bertz CT molecular complexity index is 886. The summed E-state index contributed by atoms with van der Waals surface area (Å²) >= 11 is 0. The molecule has 1 fully saturated rings. The van der Waals surface area contributed by atoms with Gasteiger partial charge in [-0.3, -0.25) is 9.59 Å². The highest BCUT2D eigenvalue weighted by Crippen LogP contribution is 2.15. The SMILES string of the molecule is CCOC(=O)c1ccc(N2CCCN(C(=O)CCNC(=O)c3ccccc3)CC2)nc1. The van der Waals surface area contributed by atoms with Crippen molar-refractivity contribution in [1.82, 2.24) is 15.2 Å². The van der Waals surface area contributed by atoms with Gasteiger partial charge in [0.1, 0.15) is 5.82 Å². The Morgan fingerprint density at radius 2 is 1.81 bits per heavy atom. The summed E-state index contributed by atoms with van der Waals surface area (Å²) in [6.07, 6.45) is 2.62. The average Bonchev–Trinajstić information content (AvgIpc) is 3.06. The number of ether oxygens (including phenoxy) is 1. The molecule has 31 heavy (non-hydrogen) atoms. The van der Waals surface area contributed by atoms with Crippen molar-refractivity contribution in [2.24, 2.45) is 0 Å². The zero-order chi connectivity index (χ0) is 22.1. The lowest BCUT2D eigenvalue weighted by molar-refractivity contribution is -0.130. The first kappa shape index (κ1) is 22.3. The van der Waals surface area contributed by atoms with Crippen LogP contribution >= 0.6 is 0 Å². The van der Waals surface area contributed by atoms with E-state index in [1.54, 1.807) is 25.1 Å². The largest absolute Gasteiger partial charge is 0.462 e. The first-order valence-corrected chi connectivity index (χ1v) is 10.6. The Balaban J connectivity index is 1.46. The second-order valence-electron chi connectivity index (χ2n) is 7.22. The summed E-state index contributed by atoms with van der Waals surface area (Å²) in [7, 11) is 0. The van der Waals surface area contributed by atoms with Gasteiger partial charge in [0.2, 0.25) is 5.91 Å². The summed E-state index contributed by atoms with van der Waals surface area (Å²) in [6.45, 7) is 5.10. The van der Waals surface area contributed by atoms with Crippen molar-refractivity contribution in [3.05, 3.63) is 59.8 Å². The van der Waals surface area contributed by atoms with E-state index in [4.69, 9.17) is 4.74 Å². The van der Waals surface area contributed by atoms with Crippen LogP contribution in [0, 0.1) is 0 Å². The van der Waals surface area contributed by atoms with Crippen LogP contribution in [0.1, 0.15) is 40.5 Å². The quantitative estimate of drug-likeness (QED) is 0.685. The second-order valence-corrected chi connectivity index (χ2v) is 7.22. The highest BCUT2D eigenvalue weighted by molar-refractivity contribution is 5.94. The third-order valence-electron chi connectivity index (χ3n) is 5.09. The number of carbonyl (C=O) groups is 3. The lowest BCUT2D eigenvalue weighted by atomic mass is 10.2. The molecule has 0 unspecified atom stereocenters. The number of amides is 2. The number of carbonyl (C=O) groups excluding carboxylic acids is 3. The van der Waals surface area contributed by atoms with Crippen LogP contribution in [0.3, 0.4) is 0 Å². The average molecular weight is 425 g/mol. The number of benzene rings is 1. The molecular weight excluding hydrogens is 396 g/mol. The van der Waals surface area contributed by atoms with Crippen LogP contribution in [0.5, 0.6) is 0 Å². The van der Waals surface area contributed by atoms with Gasteiger partial charge < -0.3 is 19.9 Å². The van der Waals surface area contributed by atoms with Gasteiger partial charge in [-0.2, -0.15) is 0 Å². The molecule has 2 aromatic rings. The van der Waals surface area contributed by atoms with E-state index in [1.807, 2.05) is 29.2 Å². The molecule has 0 spiro atoms. The van der Waals surface area contributed by atoms with Gasteiger partial charge in [0.25, 0.3) is 5.91 Å². The maximum absolute atomic E-state index is 12.6. The Morgan fingerprint density at radius 1 is 1.00 bits per heavy atom. The molecule has 1 aromatic heterocycles. The number of aromatic nitrogens is 1. The first-order chi connectivity index (χ1) is 15.1. The summed E-state index contributed by atoms with van der Waals surface area (Å²) in [4.78, 5) is 44.8. The maximum atomic E-state index is 12.6. The van der Waals surface area contributed by atoms with Gasteiger partial charge >= 0.3 is 5.97 Å². The molecule has 2 amide bonds. The Morgan fingerprint density at radius 3 is 2.52 bits per heavy atom. The topological polar surface area (TPSA) is 91.8 Å². The van der Waals surface area contributed by atoms with E-state index >= 15 is 0 Å². The van der Waals surface area contributed by atoms with Crippen molar-refractivity contribution in [1.29, 1.82) is 0 Å². The molecule has 2 heterocycles. The Kier molecular flexibility index (Phi) is 7.98. The third kappa shape index (κ3) is 6.28. The molecule has 1 N–H and O–H groups in total. The van der Waals surface area contributed by atoms with Crippen molar-refractivity contribution in [2.75, 3.05) is 44.2 Å². The predicted octanol–water partition coefficient (Wildman–Crippen LogP) is 2.12. The third-order valence-corrected chi connectivity index (χ3v) is 5.09. The number of nitrogens with zero attached hydrogens (tertiary/aromatic N) is 3. The molecule has 0 bridgehead atoms. The number of rotatable bonds is 7. The normalized spacial score (nSPS) is 14.0. The monoisotopic (exact) mass is 424 g/mol. The maximum Gasteiger partial charge on any atom is 0.339 e. The van der Waals surface area contributed by atoms with Gasteiger partial charge in [0, 0.05) is 50.9 Å². The van der Waals surface area contributed by atoms with Crippen LogP contribution in [0.25, 0.3) is 0 Å². The highest BCUT2D eigenvalue weighted by Gasteiger charge is 2.20. The Labute approximate surface area is 182 Å². The zero-order valence-corrected chi connectivity index (χ0v) is 17.8. The fourth-order valence-corrected chi connectivity index (χ4v) is 3.44. The summed E-state index contributed by atoms with van der Waals surface area (Å²) in [5.41, 5.74) is 1.01. The number of esters is 1. The van der Waals surface area contributed by atoms with Gasteiger partial charge in [-0.15, -0.1) is 0 Å². The van der Waals surface area contributed by atoms with E-state index in [0.717, 1.165) is 18.8 Å². The summed E-state index contributed by atoms with van der Waals surface area (Å²) < 4.78 is 4.98. The van der Waals surface area contributed by atoms with Crippen LogP contribution in [-0.4, -0.2) is 67.0 Å². The van der Waals surface area contributed by atoms with E-state index in [9.17, 15) is 14.4 Å². The molecule has 164 valence electrons. The smallest absolute Gasteiger partial charge is 0.339 e. The van der Waals surface area contributed by atoms with Crippen molar-refractivity contribution in [2.45, 2.75) is 19.8 Å². The molecule has 8 heteroatoms. The fraction of sp³-hybridized carbons (Fsp3) is 0.391. The van der Waals surface area contributed by atoms with Gasteiger partial charge in [0.05, 0.1) is 12.2 Å². The van der Waals surface area contributed by atoms with Crippen molar-refractivity contribution in [3.63, 3.8) is 0 Å². The number of nitrogens with one attached hydrogen (secondary N) is 1. The fourth-order valence-electron chi connectivity index (χ4n) is 3.44. The molecule has 1 aliphatic rings. The summed E-state index contributed by atoms with van der Waals surface area (Å²) in [5.74, 6) is 0.250. The van der Waals surface area contributed by atoms with Crippen molar-refractivity contribution >= 4 is 23.6 Å². The van der Waals surface area contributed by atoms with Crippen molar-refractivity contribution < 1.29 is 19.1 Å². The number of hydrogen-bond donors (Lipinski definition) is 1. The molecule has 0 aliphatic carbocycles. The molecule has 0 saturated carbocycles. The minimum absolute atomic E-state index is 0.0285. The highest BCUT2D eigenvalue weighted by atomic mass is 16.5. The predicted molar refractivity (Wildman–Crippen MR) is 117 cm³/mol. The summed E-state index contributed by atoms with van der Waals surface area (Å²) in [5, 5.41) is 2.80. The lowest BCUT2D eigenvalue weighted by Crippen LogP contribution is -2.37. The van der Waals surface area contributed by atoms with Crippen LogP contribution in [0.4, 0.5) is 5.82 Å². The molecule has 1 aliphatic heterocycles. The van der Waals surface area contributed by atoms with Gasteiger partial charge in [-0.25, -0.2) is 9.78 Å². The number of anilines is 1. The van der Waals surface area contributed by atoms with Crippen LogP contribution < -0.4 is 10.2 Å². The van der Waals surface area contributed by atoms with Crippen LogP contribution in [-0.2, 0) is 9.53 Å². The van der Waals surface area contributed by atoms with E-state index < -0.39 is 0 Å². The van der Waals surface area contributed by atoms with E-state index in [0.29, 0.717) is 43.9 Å². The summed E-state index contributed by atoms with van der Waals surface area (Å²) in [6, 6.07) is 12.5. The van der Waals surface area contributed by atoms with Crippen LogP contribution in [0.15, 0.2) is 48.7 Å². The van der Waals surface area contributed by atoms with Crippen LogP contribution in [0.2, 0.25) is 0 Å². The molecular formula is C23H28N4O4. The van der Waals surface area contributed by atoms with Gasteiger partial charge in [-0.05, 0) is 37.6 Å². The lowest BCUT2D eigenvalue weighted by Gasteiger charge is -2.23. The first-order valence-electron chi connectivity index (χ1n) is 10.6. The van der Waals surface area contributed by atoms with E-state index in [2.05, 4.69) is 15.2 Å². The minimum Gasteiger partial charge on any atom is -0.462 e. The Hall–Kier alpha value is -3.42. The zero-order valence-electron chi connectivity index (χ0n) is 17.8. The second kappa shape index (κ2) is 11.1. The number of hydrogen-bond acceptors (Lipinski definition) is 6. The van der Waals surface area contributed by atoms with Gasteiger partial charge in [-0.1, -0.05) is 18.2 Å². The van der Waals surface area contributed by atoms with E-state index in [-0.39, 0.29) is 24.2 Å².